The third-order valence-corrected chi connectivity index (χ3v) is 3.42. The molecule has 4 atom stereocenters. The maximum Gasteiger partial charge on any atom is 0.450 e. The van der Waals surface area contributed by atoms with Crippen molar-refractivity contribution in [3.63, 3.8) is 0 Å². The van der Waals surface area contributed by atoms with Gasteiger partial charge in [0.15, 0.2) is 0 Å². The minimum Gasteiger partial charge on any atom is -0.289 e. The van der Waals surface area contributed by atoms with E-state index in [0.29, 0.717) is 0 Å². The second-order valence-corrected chi connectivity index (χ2v) is 4.40. The van der Waals surface area contributed by atoms with Crippen molar-refractivity contribution in [3.05, 3.63) is 12.2 Å². The lowest BCUT2D eigenvalue weighted by Crippen LogP contribution is -2.42. The van der Waals surface area contributed by atoms with Crippen LogP contribution in [0.3, 0.4) is 0 Å². The molecule has 2 aliphatic rings. The van der Waals surface area contributed by atoms with Gasteiger partial charge in [-0.1, -0.05) is 12.2 Å². The van der Waals surface area contributed by atoms with Gasteiger partial charge in [-0.25, -0.2) is 0 Å². The number of carbonyl (C=O) groups excluding carboxylic acids is 1. The van der Waals surface area contributed by atoms with Gasteiger partial charge < -0.3 is 0 Å². The molecule has 0 N–H and O–H groups in total. The Balaban J connectivity index is 2.33. The molecule has 0 heterocycles. The highest BCUT2D eigenvalue weighted by atomic mass is 19.4. The maximum atomic E-state index is 12.7. The second-order valence-electron chi connectivity index (χ2n) is 4.40. The highest BCUT2D eigenvalue weighted by Gasteiger charge is 2.63. The lowest BCUT2D eigenvalue weighted by molar-refractivity contribution is -0.208. The number of rotatable bonds is 1. The first-order valence-corrected chi connectivity index (χ1v) is 4.98. The van der Waals surface area contributed by atoms with Gasteiger partial charge in [-0.05, 0) is 18.3 Å². The number of allylic oxidation sites excluding steroid dienone is 2. The van der Waals surface area contributed by atoms with Crippen molar-refractivity contribution >= 4 is 5.78 Å². The molecule has 96 valence electrons. The zero-order chi connectivity index (χ0) is 13.0. The third kappa shape index (κ3) is 1.95. The van der Waals surface area contributed by atoms with Gasteiger partial charge in [-0.2, -0.15) is 26.3 Å². The van der Waals surface area contributed by atoms with Crippen LogP contribution in [0.2, 0.25) is 0 Å². The van der Waals surface area contributed by atoms with E-state index in [1.165, 1.54) is 12.2 Å². The molecule has 0 saturated heterocycles. The summed E-state index contributed by atoms with van der Waals surface area (Å²) in [7, 11) is 0. The third-order valence-electron chi connectivity index (χ3n) is 3.42. The van der Waals surface area contributed by atoms with Crippen LogP contribution in [0.5, 0.6) is 0 Å². The summed E-state index contributed by atoms with van der Waals surface area (Å²) in [5.74, 6) is -8.36. The van der Waals surface area contributed by atoms with Gasteiger partial charge in [0.2, 0.25) is 5.78 Å². The van der Waals surface area contributed by atoms with E-state index in [1.54, 1.807) is 0 Å². The summed E-state index contributed by atoms with van der Waals surface area (Å²) >= 11 is 0. The van der Waals surface area contributed by atoms with Gasteiger partial charge in [0.25, 0.3) is 0 Å². The maximum absolute atomic E-state index is 12.7. The predicted molar refractivity (Wildman–Crippen MR) is 44.8 cm³/mol. The fraction of sp³-hybridized carbons (Fsp3) is 0.700. The summed E-state index contributed by atoms with van der Waals surface area (Å²) in [4.78, 5) is 11.1. The molecule has 4 unspecified atom stereocenters. The van der Waals surface area contributed by atoms with Crippen LogP contribution in [0.15, 0.2) is 12.2 Å². The summed E-state index contributed by atoms with van der Waals surface area (Å²) in [5.41, 5.74) is 0. The normalized spacial score (nSPS) is 36.6. The van der Waals surface area contributed by atoms with Gasteiger partial charge in [0, 0.05) is 5.92 Å². The summed E-state index contributed by atoms with van der Waals surface area (Å²) in [6.45, 7) is 0. The fourth-order valence-electron chi connectivity index (χ4n) is 2.81. The fourth-order valence-corrected chi connectivity index (χ4v) is 2.81. The topological polar surface area (TPSA) is 17.1 Å². The number of halogens is 6. The predicted octanol–water partition coefficient (Wildman–Crippen LogP) is 3.12. The van der Waals surface area contributed by atoms with Crippen LogP contribution in [0.25, 0.3) is 0 Å². The molecule has 0 amide bonds. The average Bonchev–Trinajstić information content (AvgIpc) is 2.71. The van der Waals surface area contributed by atoms with Gasteiger partial charge >= 0.3 is 12.4 Å². The van der Waals surface area contributed by atoms with Crippen molar-refractivity contribution in [2.45, 2.75) is 18.8 Å². The molecule has 1 fully saturated rings. The summed E-state index contributed by atoms with van der Waals surface area (Å²) < 4.78 is 74.7. The van der Waals surface area contributed by atoms with Crippen molar-refractivity contribution in [2.24, 2.45) is 23.7 Å². The monoisotopic (exact) mass is 258 g/mol. The van der Waals surface area contributed by atoms with Crippen molar-refractivity contribution in [2.75, 3.05) is 0 Å². The van der Waals surface area contributed by atoms with Crippen LogP contribution in [0.4, 0.5) is 26.3 Å². The molecule has 0 aromatic carbocycles. The number of hydrogen-bond acceptors (Lipinski definition) is 1. The van der Waals surface area contributed by atoms with Crippen LogP contribution in [-0.2, 0) is 4.79 Å². The van der Waals surface area contributed by atoms with Crippen LogP contribution in [0, 0.1) is 23.7 Å². The lowest BCUT2D eigenvalue weighted by atomic mass is 9.79. The summed E-state index contributed by atoms with van der Waals surface area (Å²) in [6.07, 6.45) is -7.43. The Morgan fingerprint density at radius 2 is 1.53 bits per heavy atom. The molecular formula is C10H8F6O. The second kappa shape index (κ2) is 3.49. The van der Waals surface area contributed by atoms with E-state index >= 15 is 0 Å². The van der Waals surface area contributed by atoms with Gasteiger partial charge in [0.1, 0.15) is 0 Å². The molecule has 2 bridgehead atoms. The number of ketones is 1. The molecule has 1 nitrogen and oxygen atoms in total. The molecule has 0 aromatic rings. The molecular weight excluding hydrogens is 250 g/mol. The number of alkyl halides is 6. The molecule has 17 heavy (non-hydrogen) atoms. The number of fused-ring (bicyclic) bond motifs is 2. The smallest absolute Gasteiger partial charge is 0.289 e. The van der Waals surface area contributed by atoms with E-state index in [1.807, 2.05) is 0 Å². The first kappa shape index (κ1) is 12.4. The molecule has 2 rings (SSSR count). The Hall–Kier alpha value is -1.01. The lowest BCUT2D eigenvalue weighted by Gasteiger charge is -2.29. The average molecular weight is 258 g/mol. The summed E-state index contributed by atoms with van der Waals surface area (Å²) in [6, 6.07) is 0. The van der Waals surface area contributed by atoms with E-state index in [4.69, 9.17) is 0 Å². The number of Topliss-reactive ketones (excluding diaryl/α,β-unsaturated/α-hetero) is 1. The Bertz CT molecular complexity index is 366. The zero-order valence-electron chi connectivity index (χ0n) is 8.35. The molecule has 2 aliphatic carbocycles. The van der Waals surface area contributed by atoms with E-state index in [9.17, 15) is 31.1 Å². The first-order chi connectivity index (χ1) is 7.62. The van der Waals surface area contributed by atoms with Gasteiger partial charge in [0.05, 0.1) is 5.92 Å². The largest absolute Gasteiger partial charge is 0.450 e. The molecule has 7 heteroatoms. The zero-order valence-corrected chi connectivity index (χ0v) is 8.35. The van der Waals surface area contributed by atoms with E-state index < -0.39 is 41.8 Å². The van der Waals surface area contributed by atoms with Crippen molar-refractivity contribution in [1.82, 2.24) is 0 Å². The standard InChI is InChI=1S/C10H8F6O/c11-9(12,13)7-5-2-1-4(3-5)6(7)8(17)10(14,15)16/h1-2,4-7H,3H2. The quantitative estimate of drug-likeness (QED) is 0.521. The van der Waals surface area contributed by atoms with Gasteiger partial charge in [-0.15, -0.1) is 0 Å². The molecule has 0 spiro atoms. The minimum absolute atomic E-state index is 0.0172. The molecule has 0 aliphatic heterocycles. The van der Waals surface area contributed by atoms with Crippen LogP contribution < -0.4 is 0 Å². The molecule has 1 saturated carbocycles. The molecule has 0 radical (unpaired) electrons. The SMILES string of the molecule is O=C(C1C2C=CC(C2)C1C(F)(F)F)C(F)(F)F. The van der Waals surface area contributed by atoms with E-state index in [-0.39, 0.29) is 6.42 Å². The van der Waals surface area contributed by atoms with Crippen molar-refractivity contribution < 1.29 is 31.1 Å². The van der Waals surface area contributed by atoms with Crippen LogP contribution in [-0.4, -0.2) is 18.1 Å². The Kier molecular flexibility index (Phi) is 2.56. The van der Waals surface area contributed by atoms with E-state index in [0.717, 1.165) is 0 Å². The Labute approximate surface area is 92.5 Å². The Morgan fingerprint density at radius 1 is 1.00 bits per heavy atom. The first-order valence-electron chi connectivity index (χ1n) is 4.98. The summed E-state index contributed by atoms with van der Waals surface area (Å²) in [5, 5.41) is 0. The molecule has 0 aromatic heterocycles. The van der Waals surface area contributed by atoms with Crippen LogP contribution in [0.1, 0.15) is 6.42 Å². The minimum atomic E-state index is -5.20. The van der Waals surface area contributed by atoms with Crippen molar-refractivity contribution in [3.8, 4) is 0 Å². The van der Waals surface area contributed by atoms with Gasteiger partial charge in [-0.3, -0.25) is 4.79 Å². The van der Waals surface area contributed by atoms with Crippen LogP contribution >= 0.6 is 0 Å². The van der Waals surface area contributed by atoms with E-state index in [2.05, 4.69) is 0 Å². The number of hydrogen-bond donors (Lipinski definition) is 0. The number of carbonyl (C=O) groups is 1. The highest BCUT2D eigenvalue weighted by molar-refractivity contribution is 5.87. The van der Waals surface area contributed by atoms with Crippen molar-refractivity contribution in [1.29, 1.82) is 0 Å². The Morgan fingerprint density at radius 3 is 2.00 bits per heavy atom. The highest BCUT2D eigenvalue weighted by Crippen LogP contribution is 2.55.